The van der Waals surface area contributed by atoms with Crippen molar-refractivity contribution < 1.29 is 13.9 Å². The average molecular weight is 357 g/mol. The first kappa shape index (κ1) is 17.2. The normalized spacial score (nSPS) is 19.3. The molecule has 6 heteroatoms. The van der Waals surface area contributed by atoms with Gasteiger partial charge in [-0.3, -0.25) is 4.79 Å². The smallest absolute Gasteiger partial charge is 0.275 e. The second-order valence-electron chi connectivity index (χ2n) is 7.69. The molecule has 2 aliphatic rings. The molecule has 138 valence electrons. The van der Waals surface area contributed by atoms with Gasteiger partial charge in [-0.05, 0) is 63.8 Å². The molecule has 26 heavy (non-hydrogen) atoms. The molecule has 2 heterocycles. The standard InChI is InChI=1S/C20H24FN3O2/c1-20(2)13-26-12-11-23(20)19(25)18-16-5-3-4-6-17(16)24(22-18)15-9-7-14(21)8-10-15/h7-10H,3-6,11-13H2,1-2H3. The fourth-order valence-electron chi connectivity index (χ4n) is 3.93. The number of aromatic nitrogens is 2. The minimum absolute atomic E-state index is 0.0303. The van der Waals surface area contributed by atoms with Crippen molar-refractivity contribution in [2.75, 3.05) is 19.8 Å². The van der Waals surface area contributed by atoms with Gasteiger partial charge in [-0.25, -0.2) is 9.07 Å². The summed E-state index contributed by atoms with van der Waals surface area (Å²) in [5, 5.41) is 4.69. The zero-order chi connectivity index (χ0) is 18.3. The Morgan fingerprint density at radius 1 is 1.19 bits per heavy atom. The van der Waals surface area contributed by atoms with Crippen LogP contribution in [0.15, 0.2) is 24.3 Å². The predicted molar refractivity (Wildman–Crippen MR) is 96.1 cm³/mol. The molecule has 0 spiro atoms. The highest BCUT2D eigenvalue weighted by atomic mass is 19.1. The summed E-state index contributed by atoms with van der Waals surface area (Å²) in [7, 11) is 0. The fourth-order valence-corrected chi connectivity index (χ4v) is 3.93. The summed E-state index contributed by atoms with van der Waals surface area (Å²) in [5.41, 5.74) is 3.12. The van der Waals surface area contributed by atoms with E-state index < -0.39 is 0 Å². The largest absolute Gasteiger partial charge is 0.377 e. The number of hydrogen-bond donors (Lipinski definition) is 0. The number of nitrogens with zero attached hydrogens (tertiary/aromatic N) is 3. The van der Waals surface area contributed by atoms with Crippen molar-refractivity contribution >= 4 is 5.91 Å². The molecular formula is C20H24FN3O2. The van der Waals surface area contributed by atoms with E-state index in [1.165, 1.54) is 12.1 Å². The van der Waals surface area contributed by atoms with Crippen molar-refractivity contribution in [3.05, 3.63) is 47.0 Å². The Morgan fingerprint density at radius 2 is 1.92 bits per heavy atom. The number of ether oxygens (including phenoxy) is 1. The minimum atomic E-state index is -0.351. The molecule has 1 saturated heterocycles. The number of fused-ring (bicyclic) bond motifs is 1. The minimum Gasteiger partial charge on any atom is -0.377 e. The average Bonchev–Trinajstić information content (AvgIpc) is 3.01. The number of carbonyl (C=O) groups is 1. The maximum atomic E-state index is 13.3. The van der Waals surface area contributed by atoms with Crippen LogP contribution in [0.25, 0.3) is 5.69 Å². The van der Waals surface area contributed by atoms with Gasteiger partial charge in [0.05, 0.1) is 24.4 Å². The number of hydrogen-bond acceptors (Lipinski definition) is 3. The molecule has 0 saturated carbocycles. The lowest BCUT2D eigenvalue weighted by atomic mass is 9.94. The Kier molecular flexibility index (Phi) is 4.31. The Labute approximate surface area is 152 Å². The maximum Gasteiger partial charge on any atom is 0.275 e. The number of morpholine rings is 1. The van der Waals surface area contributed by atoms with E-state index in [-0.39, 0.29) is 17.3 Å². The third-order valence-corrected chi connectivity index (χ3v) is 5.34. The number of rotatable bonds is 2. The van der Waals surface area contributed by atoms with E-state index >= 15 is 0 Å². The Bertz CT molecular complexity index is 826. The Hall–Kier alpha value is -2.21. The second-order valence-corrected chi connectivity index (χ2v) is 7.69. The highest BCUT2D eigenvalue weighted by Gasteiger charge is 2.37. The van der Waals surface area contributed by atoms with Crippen molar-refractivity contribution in [3.63, 3.8) is 0 Å². The summed E-state index contributed by atoms with van der Waals surface area (Å²) in [6.07, 6.45) is 3.90. The molecular weight excluding hydrogens is 333 g/mol. The highest BCUT2D eigenvalue weighted by molar-refractivity contribution is 5.94. The lowest BCUT2D eigenvalue weighted by molar-refractivity contribution is -0.0373. The molecule has 2 aromatic rings. The molecule has 1 fully saturated rings. The molecule has 0 radical (unpaired) electrons. The van der Waals surface area contributed by atoms with Crippen molar-refractivity contribution in [3.8, 4) is 5.69 Å². The molecule has 4 rings (SSSR count). The van der Waals surface area contributed by atoms with Gasteiger partial charge in [-0.2, -0.15) is 5.10 Å². The van der Waals surface area contributed by atoms with Crippen LogP contribution in [0.3, 0.4) is 0 Å². The van der Waals surface area contributed by atoms with Crippen LogP contribution in [0.4, 0.5) is 4.39 Å². The lowest BCUT2D eigenvalue weighted by Crippen LogP contribution is -2.55. The van der Waals surface area contributed by atoms with Crippen LogP contribution >= 0.6 is 0 Å². The van der Waals surface area contributed by atoms with Crippen molar-refractivity contribution in [1.82, 2.24) is 14.7 Å². The number of carbonyl (C=O) groups excluding carboxylic acids is 1. The molecule has 1 aromatic carbocycles. The van der Waals surface area contributed by atoms with E-state index in [4.69, 9.17) is 9.84 Å². The van der Waals surface area contributed by atoms with Gasteiger partial charge in [-0.1, -0.05) is 0 Å². The first-order chi connectivity index (χ1) is 12.5. The van der Waals surface area contributed by atoms with Gasteiger partial charge in [0.25, 0.3) is 5.91 Å². The summed E-state index contributed by atoms with van der Waals surface area (Å²) < 4.78 is 20.7. The van der Waals surface area contributed by atoms with Crippen LogP contribution in [-0.4, -0.2) is 45.9 Å². The van der Waals surface area contributed by atoms with Crippen LogP contribution in [0.2, 0.25) is 0 Å². The molecule has 1 aliphatic heterocycles. The molecule has 0 unspecified atom stereocenters. The van der Waals surface area contributed by atoms with E-state index in [9.17, 15) is 9.18 Å². The maximum absolute atomic E-state index is 13.3. The Balaban J connectivity index is 1.77. The third-order valence-electron chi connectivity index (χ3n) is 5.34. The van der Waals surface area contributed by atoms with Gasteiger partial charge in [0.2, 0.25) is 0 Å². The van der Waals surface area contributed by atoms with E-state index in [1.54, 1.807) is 12.1 Å². The summed E-state index contributed by atoms with van der Waals surface area (Å²) in [5.74, 6) is -0.307. The molecule has 1 aliphatic carbocycles. The van der Waals surface area contributed by atoms with Crippen LogP contribution in [0.1, 0.15) is 48.4 Å². The molecule has 0 bridgehead atoms. The van der Waals surface area contributed by atoms with E-state index in [0.29, 0.717) is 25.5 Å². The van der Waals surface area contributed by atoms with Crippen LogP contribution in [0.5, 0.6) is 0 Å². The second kappa shape index (κ2) is 6.50. The van der Waals surface area contributed by atoms with Crippen molar-refractivity contribution in [2.24, 2.45) is 0 Å². The van der Waals surface area contributed by atoms with E-state index in [1.807, 2.05) is 23.4 Å². The van der Waals surface area contributed by atoms with Crippen LogP contribution < -0.4 is 0 Å². The zero-order valence-electron chi connectivity index (χ0n) is 15.3. The SMILES string of the molecule is CC1(C)COCCN1C(=O)c1nn(-c2ccc(F)cc2)c2c1CCCC2. The predicted octanol–water partition coefficient (Wildman–Crippen LogP) is 3.14. The van der Waals surface area contributed by atoms with Crippen LogP contribution in [0, 0.1) is 5.82 Å². The summed E-state index contributed by atoms with van der Waals surface area (Å²) in [4.78, 5) is 15.2. The first-order valence-electron chi connectivity index (χ1n) is 9.24. The number of amides is 1. The van der Waals surface area contributed by atoms with Crippen molar-refractivity contribution in [1.29, 1.82) is 0 Å². The number of benzene rings is 1. The Morgan fingerprint density at radius 3 is 2.65 bits per heavy atom. The van der Waals surface area contributed by atoms with Crippen LogP contribution in [-0.2, 0) is 17.6 Å². The third kappa shape index (κ3) is 2.92. The summed E-state index contributed by atoms with van der Waals surface area (Å²) >= 11 is 0. The topological polar surface area (TPSA) is 47.4 Å². The molecule has 0 atom stereocenters. The van der Waals surface area contributed by atoms with Gasteiger partial charge in [-0.15, -0.1) is 0 Å². The quantitative estimate of drug-likeness (QED) is 0.830. The molecule has 1 aromatic heterocycles. The summed E-state index contributed by atoms with van der Waals surface area (Å²) in [6.45, 7) is 5.70. The van der Waals surface area contributed by atoms with Gasteiger partial charge in [0, 0.05) is 17.8 Å². The molecule has 0 N–H and O–H groups in total. The van der Waals surface area contributed by atoms with Gasteiger partial charge >= 0.3 is 0 Å². The molecule has 5 nitrogen and oxygen atoms in total. The van der Waals surface area contributed by atoms with E-state index in [0.717, 1.165) is 42.6 Å². The monoisotopic (exact) mass is 357 g/mol. The van der Waals surface area contributed by atoms with Gasteiger partial charge in [0.15, 0.2) is 5.69 Å². The first-order valence-corrected chi connectivity index (χ1v) is 9.24. The van der Waals surface area contributed by atoms with Gasteiger partial charge in [0.1, 0.15) is 5.82 Å². The van der Waals surface area contributed by atoms with E-state index in [2.05, 4.69) is 0 Å². The highest BCUT2D eigenvalue weighted by Crippen LogP contribution is 2.30. The fraction of sp³-hybridized carbons (Fsp3) is 0.500. The van der Waals surface area contributed by atoms with Gasteiger partial charge < -0.3 is 9.64 Å². The van der Waals surface area contributed by atoms with Crippen molar-refractivity contribution in [2.45, 2.75) is 45.1 Å². The summed E-state index contributed by atoms with van der Waals surface area (Å²) in [6, 6.07) is 6.28. The lowest BCUT2D eigenvalue weighted by Gasteiger charge is -2.41. The number of halogens is 1. The molecule has 1 amide bonds. The zero-order valence-corrected chi connectivity index (χ0v) is 15.3.